The van der Waals surface area contributed by atoms with E-state index in [1.807, 2.05) is 0 Å². The topological polar surface area (TPSA) is 101 Å². The highest BCUT2D eigenvalue weighted by molar-refractivity contribution is 7.89. The molecule has 0 aliphatic carbocycles. The Hall–Kier alpha value is -2.75. The summed E-state index contributed by atoms with van der Waals surface area (Å²) in [7, 11) is -3.70. The zero-order valence-corrected chi connectivity index (χ0v) is 17.3. The molecule has 2 N–H and O–H groups in total. The van der Waals surface area contributed by atoms with Crippen LogP contribution in [-0.4, -0.2) is 32.4 Å². The van der Waals surface area contributed by atoms with Crippen molar-refractivity contribution >= 4 is 27.5 Å². The van der Waals surface area contributed by atoms with Gasteiger partial charge in [-0.1, -0.05) is 17.7 Å². The summed E-state index contributed by atoms with van der Waals surface area (Å²) in [5.41, 5.74) is 0.687. The summed E-state index contributed by atoms with van der Waals surface area (Å²) in [6.07, 6.45) is 1.93. The Bertz CT molecular complexity index is 1120. The number of benzene rings is 2. The summed E-state index contributed by atoms with van der Waals surface area (Å²) in [5.74, 6) is 0.260. The lowest BCUT2D eigenvalue weighted by atomic mass is 10.2. The number of hydrogen-bond acceptors (Lipinski definition) is 5. The molecule has 0 unspecified atom stereocenters. The normalized spacial score (nSPS) is 11.4. The molecule has 0 radical (unpaired) electrons. The van der Waals surface area contributed by atoms with Gasteiger partial charge in [0.25, 0.3) is 0 Å². The maximum atomic E-state index is 13.0. The van der Waals surface area contributed by atoms with E-state index in [9.17, 15) is 17.6 Å². The average Bonchev–Trinajstić information content (AvgIpc) is 3.19. The first-order valence-corrected chi connectivity index (χ1v) is 10.9. The van der Waals surface area contributed by atoms with Crippen LogP contribution in [0.1, 0.15) is 12.3 Å². The van der Waals surface area contributed by atoms with Crippen LogP contribution in [0.3, 0.4) is 0 Å². The Labute approximate surface area is 178 Å². The number of carbonyl (C=O) groups excluding carboxylic acids is 1. The summed E-state index contributed by atoms with van der Waals surface area (Å²) in [6, 6.07) is 11.7. The highest BCUT2D eigenvalue weighted by Gasteiger charge is 2.14. The Morgan fingerprint density at radius 1 is 1.13 bits per heavy atom. The minimum Gasteiger partial charge on any atom is -0.441 e. The molecule has 0 aliphatic heterocycles. The van der Waals surface area contributed by atoms with Gasteiger partial charge in [-0.05, 0) is 42.5 Å². The van der Waals surface area contributed by atoms with Gasteiger partial charge in [0.1, 0.15) is 5.82 Å². The van der Waals surface area contributed by atoms with Gasteiger partial charge in [-0.2, -0.15) is 0 Å². The monoisotopic (exact) mass is 451 g/mol. The van der Waals surface area contributed by atoms with Crippen molar-refractivity contribution in [2.24, 2.45) is 0 Å². The van der Waals surface area contributed by atoms with Gasteiger partial charge in [0.15, 0.2) is 11.7 Å². The summed E-state index contributed by atoms with van der Waals surface area (Å²) >= 11 is 5.80. The number of aromatic nitrogens is 1. The molecular weight excluding hydrogens is 433 g/mol. The maximum Gasteiger partial charge on any atom is 0.240 e. The number of carbonyl (C=O) groups is 1. The molecule has 0 bridgehead atoms. The Morgan fingerprint density at radius 2 is 1.90 bits per heavy atom. The van der Waals surface area contributed by atoms with Crippen molar-refractivity contribution in [1.82, 2.24) is 15.0 Å². The number of halogens is 2. The van der Waals surface area contributed by atoms with E-state index in [2.05, 4.69) is 15.0 Å². The standard InChI is InChI=1S/C20H19ClFN3O4S/c21-15-2-1-3-17(12-15)30(27,28)25-11-10-23-19(26)8-9-20-24-13-18(29-20)14-4-6-16(22)7-5-14/h1-7,12-13,25H,8-11H2,(H,23,26). The van der Waals surface area contributed by atoms with Crippen molar-refractivity contribution < 1.29 is 22.0 Å². The molecular formula is C20H19ClFN3O4S. The van der Waals surface area contributed by atoms with Gasteiger partial charge in [-0.25, -0.2) is 22.5 Å². The first-order valence-electron chi connectivity index (χ1n) is 9.06. The van der Waals surface area contributed by atoms with Crippen molar-refractivity contribution in [2.75, 3.05) is 13.1 Å². The van der Waals surface area contributed by atoms with Crippen LogP contribution >= 0.6 is 11.6 Å². The average molecular weight is 452 g/mol. The molecule has 0 atom stereocenters. The fourth-order valence-electron chi connectivity index (χ4n) is 2.59. The number of nitrogens with zero attached hydrogens (tertiary/aromatic N) is 1. The van der Waals surface area contributed by atoms with Crippen LogP contribution in [-0.2, 0) is 21.2 Å². The van der Waals surface area contributed by atoms with Crippen LogP contribution in [0.15, 0.2) is 64.0 Å². The number of oxazole rings is 1. The minimum absolute atomic E-state index is 0.0360. The van der Waals surface area contributed by atoms with Gasteiger partial charge in [-0.3, -0.25) is 4.79 Å². The van der Waals surface area contributed by atoms with E-state index < -0.39 is 10.0 Å². The van der Waals surface area contributed by atoms with Gasteiger partial charge in [-0.15, -0.1) is 0 Å². The molecule has 0 saturated heterocycles. The molecule has 1 amide bonds. The predicted molar refractivity (Wildman–Crippen MR) is 110 cm³/mol. The number of sulfonamides is 1. The lowest BCUT2D eigenvalue weighted by Gasteiger charge is -2.08. The second-order valence-electron chi connectivity index (χ2n) is 6.33. The highest BCUT2D eigenvalue weighted by atomic mass is 35.5. The first kappa shape index (κ1) is 21.9. The number of aryl methyl sites for hydroxylation is 1. The van der Waals surface area contributed by atoms with E-state index in [1.54, 1.807) is 24.3 Å². The highest BCUT2D eigenvalue weighted by Crippen LogP contribution is 2.21. The maximum absolute atomic E-state index is 13.0. The summed E-state index contributed by atoms with van der Waals surface area (Å²) in [5, 5.41) is 2.95. The van der Waals surface area contributed by atoms with Gasteiger partial charge >= 0.3 is 0 Å². The predicted octanol–water partition coefficient (Wildman–Crippen LogP) is 3.16. The van der Waals surface area contributed by atoms with Crippen LogP contribution in [0.25, 0.3) is 11.3 Å². The SMILES string of the molecule is O=C(CCc1ncc(-c2ccc(F)cc2)o1)NCCNS(=O)(=O)c1cccc(Cl)c1. The fourth-order valence-corrected chi connectivity index (χ4v) is 3.92. The molecule has 0 saturated carbocycles. The van der Waals surface area contributed by atoms with Crippen molar-refractivity contribution in [3.8, 4) is 11.3 Å². The molecule has 1 aromatic heterocycles. The minimum atomic E-state index is -3.70. The zero-order valence-electron chi connectivity index (χ0n) is 15.8. The van der Waals surface area contributed by atoms with Crippen molar-refractivity contribution in [2.45, 2.75) is 17.7 Å². The largest absolute Gasteiger partial charge is 0.441 e. The number of hydrogen-bond donors (Lipinski definition) is 2. The summed E-state index contributed by atoms with van der Waals surface area (Å²) < 4.78 is 45.3. The van der Waals surface area contributed by atoms with E-state index in [4.69, 9.17) is 16.0 Å². The second kappa shape index (κ2) is 9.84. The van der Waals surface area contributed by atoms with Crippen molar-refractivity contribution in [3.63, 3.8) is 0 Å². The van der Waals surface area contributed by atoms with Crippen LogP contribution < -0.4 is 10.0 Å². The van der Waals surface area contributed by atoms with Gasteiger partial charge < -0.3 is 9.73 Å². The lowest BCUT2D eigenvalue weighted by Crippen LogP contribution is -2.34. The van der Waals surface area contributed by atoms with Crippen LogP contribution in [0.4, 0.5) is 4.39 Å². The van der Waals surface area contributed by atoms with E-state index in [0.29, 0.717) is 22.2 Å². The van der Waals surface area contributed by atoms with Gasteiger partial charge in [0.05, 0.1) is 11.1 Å². The van der Waals surface area contributed by atoms with Crippen molar-refractivity contribution in [3.05, 3.63) is 71.5 Å². The molecule has 2 aromatic carbocycles. The summed E-state index contributed by atoms with van der Waals surface area (Å²) in [6.45, 7) is 0.166. The van der Waals surface area contributed by atoms with E-state index in [-0.39, 0.29) is 42.6 Å². The van der Waals surface area contributed by atoms with Crippen molar-refractivity contribution in [1.29, 1.82) is 0 Å². The molecule has 3 aromatic rings. The fraction of sp³-hybridized carbons (Fsp3) is 0.200. The molecule has 158 valence electrons. The molecule has 0 spiro atoms. The third-order valence-corrected chi connectivity index (χ3v) is 5.79. The molecule has 7 nitrogen and oxygen atoms in total. The Kier molecular flexibility index (Phi) is 7.20. The van der Waals surface area contributed by atoms with E-state index in [0.717, 1.165) is 0 Å². The van der Waals surface area contributed by atoms with Crippen LogP contribution in [0.2, 0.25) is 5.02 Å². The quantitative estimate of drug-likeness (QED) is 0.486. The Morgan fingerprint density at radius 3 is 2.63 bits per heavy atom. The summed E-state index contributed by atoms with van der Waals surface area (Å²) in [4.78, 5) is 16.1. The molecule has 0 aliphatic rings. The molecule has 3 rings (SSSR count). The van der Waals surface area contributed by atoms with E-state index >= 15 is 0 Å². The number of amides is 1. The van der Waals surface area contributed by atoms with Crippen LogP contribution in [0.5, 0.6) is 0 Å². The lowest BCUT2D eigenvalue weighted by molar-refractivity contribution is -0.121. The smallest absolute Gasteiger partial charge is 0.240 e. The number of nitrogens with one attached hydrogen (secondary N) is 2. The molecule has 10 heteroatoms. The second-order valence-corrected chi connectivity index (χ2v) is 8.53. The molecule has 0 fully saturated rings. The third kappa shape index (κ3) is 6.12. The van der Waals surface area contributed by atoms with Crippen LogP contribution in [0, 0.1) is 5.82 Å². The zero-order chi connectivity index (χ0) is 21.6. The van der Waals surface area contributed by atoms with Gasteiger partial charge in [0.2, 0.25) is 15.9 Å². The molecule has 30 heavy (non-hydrogen) atoms. The first-order chi connectivity index (χ1) is 14.3. The molecule has 1 heterocycles. The van der Waals surface area contributed by atoms with E-state index in [1.165, 1.54) is 30.5 Å². The third-order valence-electron chi connectivity index (χ3n) is 4.09. The Balaban J connectivity index is 1.41. The van der Waals surface area contributed by atoms with Gasteiger partial charge in [0, 0.05) is 36.5 Å². The number of rotatable bonds is 9.